The second-order valence-corrected chi connectivity index (χ2v) is 10.8. The number of primary amides is 1. The van der Waals surface area contributed by atoms with Gasteiger partial charge < -0.3 is 20.5 Å². The zero-order valence-corrected chi connectivity index (χ0v) is 22.5. The van der Waals surface area contributed by atoms with Crippen molar-refractivity contribution in [3.63, 3.8) is 0 Å². The number of anilines is 1. The molecule has 0 fully saturated rings. The predicted octanol–water partition coefficient (Wildman–Crippen LogP) is 3.06. The van der Waals surface area contributed by atoms with E-state index in [0.717, 1.165) is 5.69 Å². The van der Waals surface area contributed by atoms with Crippen molar-refractivity contribution in [2.45, 2.75) is 24.8 Å². The molecule has 0 aromatic heterocycles. The van der Waals surface area contributed by atoms with Crippen molar-refractivity contribution in [2.75, 3.05) is 36.0 Å². The number of halogens is 2. The third-order valence-corrected chi connectivity index (χ3v) is 7.02. The van der Waals surface area contributed by atoms with Gasteiger partial charge in [0.05, 0.1) is 6.26 Å². The highest BCUT2D eigenvalue weighted by atomic mass is 35.5. The number of rotatable bonds is 14. The minimum Gasteiger partial charge on any atom is -0.479 e. The standard InChI is InChI=1S/C24H29Cl2N3O7S/c1-37(34,35)29(23(33)36-20-9-7-19(8-10-20)28(15-13-25)16-14-26)24(22(31)32,12-11-21(27)30)17-18-5-3-2-4-6-18/h2-10H,11-17H2,1H3,(H2,27,30)(H,31,32)/t24-/m1/s1. The van der Waals surface area contributed by atoms with Crippen LogP contribution in [0.3, 0.4) is 0 Å². The van der Waals surface area contributed by atoms with E-state index in [1.807, 2.05) is 4.90 Å². The van der Waals surface area contributed by atoms with E-state index in [2.05, 4.69) is 0 Å². The molecule has 0 aliphatic carbocycles. The van der Waals surface area contributed by atoms with Crippen LogP contribution in [0, 0.1) is 0 Å². The van der Waals surface area contributed by atoms with E-state index in [0.29, 0.717) is 36.7 Å². The Hall–Kier alpha value is -3.02. The molecular formula is C24H29Cl2N3O7S. The third kappa shape index (κ3) is 8.24. The number of carboxylic acids is 1. The summed E-state index contributed by atoms with van der Waals surface area (Å²) < 4.78 is 31.2. The van der Waals surface area contributed by atoms with Crippen LogP contribution in [0.25, 0.3) is 0 Å². The Morgan fingerprint density at radius 2 is 1.57 bits per heavy atom. The van der Waals surface area contributed by atoms with Gasteiger partial charge in [0.2, 0.25) is 15.9 Å². The Balaban J connectivity index is 2.48. The zero-order valence-electron chi connectivity index (χ0n) is 20.2. The molecule has 2 aromatic carbocycles. The van der Waals surface area contributed by atoms with Crippen LogP contribution in [0.15, 0.2) is 54.6 Å². The fraction of sp³-hybridized carbons (Fsp3) is 0.375. The van der Waals surface area contributed by atoms with Gasteiger partial charge >= 0.3 is 12.1 Å². The first-order chi connectivity index (χ1) is 17.4. The average molecular weight is 574 g/mol. The van der Waals surface area contributed by atoms with E-state index < -0.39 is 52.8 Å². The predicted molar refractivity (Wildman–Crippen MR) is 142 cm³/mol. The van der Waals surface area contributed by atoms with Crippen molar-refractivity contribution in [1.29, 1.82) is 0 Å². The summed E-state index contributed by atoms with van der Waals surface area (Å²) in [6.45, 7) is 1.05. The Bertz CT molecular complexity index is 1170. The lowest BCUT2D eigenvalue weighted by Crippen LogP contribution is -2.61. The number of ether oxygens (including phenoxy) is 1. The van der Waals surface area contributed by atoms with Gasteiger partial charge in [-0.1, -0.05) is 30.3 Å². The van der Waals surface area contributed by atoms with Crippen molar-refractivity contribution >= 4 is 56.9 Å². The van der Waals surface area contributed by atoms with Crippen molar-refractivity contribution in [3.05, 3.63) is 60.2 Å². The number of benzene rings is 2. The van der Waals surface area contributed by atoms with E-state index in [1.165, 1.54) is 12.1 Å². The summed E-state index contributed by atoms with van der Waals surface area (Å²) in [5.41, 5.74) is 4.04. The van der Waals surface area contributed by atoms with Crippen molar-refractivity contribution in [1.82, 2.24) is 4.31 Å². The van der Waals surface area contributed by atoms with E-state index in [9.17, 15) is 27.9 Å². The molecule has 0 aliphatic rings. The molecule has 2 amide bonds. The molecule has 0 saturated carbocycles. The van der Waals surface area contributed by atoms with Crippen LogP contribution in [-0.4, -0.2) is 72.4 Å². The molecule has 0 heterocycles. The molecule has 37 heavy (non-hydrogen) atoms. The van der Waals surface area contributed by atoms with Gasteiger partial charge in [-0.05, 0) is 36.2 Å². The minimum atomic E-state index is -4.50. The summed E-state index contributed by atoms with van der Waals surface area (Å²) in [6.07, 6.45) is -2.19. The number of carbonyl (C=O) groups is 3. The van der Waals surface area contributed by atoms with E-state index >= 15 is 0 Å². The first kappa shape index (κ1) is 30.2. The number of carbonyl (C=O) groups excluding carboxylic acids is 2. The molecule has 2 rings (SSSR count). The molecule has 0 radical (unpaired) electrons. The first-order valence-electron chi connectivity index (χ1n) is 11.2. The number of sulfonamides is 1. The molecule has 2 aromatic rings. The molecule has 0 bridgehead atoms. The summed E-state index contributed by atoms with van der Waals surface area (Å²) in [5, 5.41) is 10.3. The average Bonchev–Trinajstić information content (AvgIpc) is 2.82. The van der Waals surface area contributed by atoms with Gasteiger partial charge in [-0.3, -0.25) is 4.79 Å². The van der Waals surface area contributed by atoms with Crippen LogP contribution in [-0.2, 0) is 26.0 Å². The summed E-state index contributed by atoms with van der Waals surface area (Å²) in [5.74, 6) is -1.78. The van der Waals surface area contributed by atoms with Crippen molar-refractivity contribution < 1.29 is 32.6 Å². The Labute approximate surface area is 225 Å². The molecule has 202 valence electrons. The Morgan fingerprint density at radius 3 is 2.03 bits per heavy atom. The number of alkyl halides is 2. The minimum absolute atomic E-state index is 0.0204. The molecule has 0 aliphatic heterocycles. The molecule has 0 spiro atoms. The number of carboxylic acid groups (broad SMARTS) is 1. The number of amides is 2. The number of nitrogens with zero attached hydrogens (tertiary/aromatic N) is 2. The largest absolute Gasteiger partial charge is 0.479 e. The summed E-state index contributed by atoms with van der Waals surface area (Å²) in [7, 11) is -4.50. The normalized spacial score (nSPS) is 12.8. The Kier molecular flexibility index (Phi) is 11.0. The highest BCUT2D eigenvalue weighted by molar-refractivity contribution is 7.89. The molecular weight excluding hydrogens is 545 g/mol. The van der Waals surface area contributed by atoms with Gasteiger partial charge in [0.1, 0.15) is 5.75 Å². The Morgan fingerprint density at radius 1 is 1.00 bits per heavy atom. The number of hydrogen-bond donors (Lipinski definition) is 2. The zero-order chi connectivity index (χ0) is 27.6. The van der Waals surface area contributed by atoms with Crippen LogP contribution in [0.4, 0.5) is 10.5 Å². The maximum Gasteiger partial charge on any atom is 0.430 e. The number of aliphatic carboxylic acids is 1. The van der Waals surface area contributed by atoms with Crippen LogP contribution >= 0.6 is 23.2 Å². The van der Waals surface area contributed by atoms with Gasteiger partial charge in [-0.25, -0.2) is 18.0 Å². The van der Waals surface area contributed by atoms with Gasteiger partial charge in [0.15, 0.2) is 5.54 Å². The van der Waals surface area contributed by atoms with Crippen molar-refractivity contribution in [2.24, 2.45) is 5.73 Å². The molecule has 13 heteroatoms. The monoisotopic (exact) mass is 573 g/mol. The molecule has 1 atom stereocenters. The summed E-state index contributed by atoms with van der Waals surface area (Å²) in [6, 6.07) is 14.3. The number of hydrogen-bond acceptors (Lipinski definition) is 7. The van der Waals surface area contributed by atoms with Gasteiger partial charge in [0, 0.05) is 43.4 Å². The van der Waals surface area contributed by atoms with Gasteiger partial charge in [-0.2, -0.15) is 4.31 Å². The fourth-order valence-corrected chi connectivity index (χ4v) is 5.45. The summed E-state index contributed by atoms with van der Waals surface area (Å²) in [4.78, 5) is 39.4. The number of nitrogens with two attached hydrogens (primary N) is 1. The first-order valence-corrected chi connectivity index (χ1v) is 14.1. The SMILES string of the molecule is CS(=O)(=O)N(C(=O)Oc1ccc(N(CCCl)CCCl)cc1)[C@](CCC(N)=O)(Cc1ccccc1)C(=O)O. The second-order valence-electron chi connectivity index (χ2n) is 8.22. The van der Waals surface area contributed by atoms with Gasteiger partial charge in [0.25, 0.3) is 0 Å². The fourth-order valence-electron chi connectivity index (χ4n) is 3.86. The highest BCUT2D eigenvalue weighted by Gasteiger charge is 2.52. The van der Waals surface area contributed by atoms with Crippen LogP contribution in [0.2, 0.25) is 0 Å². The summed E-state index contributed by atoms with van der Waals surface area (Å²) >= 11 is 11.7. The highest BCUT2D eigenvalue weighted by Crippen LogP contribution is 2.31. The lowest BCUT2D eigenvalue weighted by atomic mass is 9.86. The van der Waals surface area contributed by atoms with Gasteiger partial charge in [-0.15, -0.1) is 23.2 Å². The van der Waals surface area contributed by atoms with E-state index in [4.69, 9.17) is 33.7 Å². The lowest BCUT2D eigenvalue weighted by Gasteiger charge is -2.38. The maximum absolute atomic E-state index is 13.3. The maximum atomic E-state index is 13.3. The third-order valence-electron chi connectivity index (χ3n) is 5.52. The topological polar surface area (TPSA) is 147 Å². The van der Waals surface area contributed by atoms with E-state index in [-0.39, 0.29) is 10.1 Å². The van der Waals surface area contributed by atoms with Crippen LogP contribution < -0.4 is 15.4 Å². The molecule has 3 N–H and O–H groups in total. The van der Waals surface area contributed by atoms with Crippen LogP contribution in [0.1, 0.15) is 18.4 Å². The molecule has 0 saturated heterocycles. The lowest BCUT2D eigenvalue weighted by molar-refractivity contribution is -0.148. The molecule has 0 unspecified atom stereocenters. The van der Waals surface area contributed by atoms with Crippen LogP contribution in [0.5, 0.6) is 5.75 Å². The molecule has 10 nitrogen and oxygen atoms in total. The second kappa shape index (κ2) is 13.5. The van der Waals surface area contributed by atoms with E-state index in [1.54, 1.807) is 42.5 Å². The quantitative estimate of drug-likeness (QED) is 0.327. The van der Waals surface area contributed by atoms with Crippen molar-refractivity contribution in [3.8, 4) is 5.75 Å². The smallest absolute Gasteiger partial charge is 0.430 e.